The molecule has 0 saturated carbocycles. The van der Waals surface area contributed by atoms with Gasteiger partial charge in [-0.2, -0.15) is 0 Å². The highest BCUT2D eigenvalue weighted by molar-refractivity contribution is 6.42. The molecule has 90 valence electrons. The lowest BCUT2D eigenvalue weighted by atomic mass is 10.2. The minimum Gasteiger partial charge on any atom is -0.461 e. The molecular formula is C13H12Cl2O2. The fraction of sp³-hybridized carbons (Fsp3) is 0.231. The van der Waals surface area contributed by atoms with Crippen molar-refractivity contribution >= 4 is 23.2 Å². The molecule has 1 aromatic carbocycles. The zero-order valence-corrected chi connectivity index (χ0v) is 10.6. The average Bonchev–Trinajstić information content (AvgIpc) is 2.79. The molecule has 0 atom stereocenters. The predicted molar refractivity (Wildman–Crippen MR) is 69.6 cm³/mol. The van der Waals surface area contributed by atoms with Gasteiger partial charge in [-0.3, -0.25) is 0 Å². The van der Waals surface area contributed by atoms with Gasteiger partial charge >= 0.3 is 0 Å². The van der Waals surface area contributed by atoms with Crippen molar-refractivity contribution in [3.05, 3.63) is 46.1 Å². The summed E-state index contributed by atoms with van der Waals surface area (Å²) in [4.78, 5) is 0. The predicted octanol–water partition coefficient (Wildman–Crippen LogP) is 4.18. The van der Waals surface area contributed by atoms with Crippen LogP contribution in [0.1, 0.15) is 12.2 Å². The van der Waals surface area contributed by atoms with Crippen molar-refractivity contribution in [3.63, 3.8) is 0 Å². The Balaban J connectivity index is 2.21. The summed E-state index contributed by atoms with van der Waals surface area (Å²) < 4.78 is 5.65. The third kappa shape index (κ3) is 3.03. The van der Waals surface area contributed by atoms with Gasteiger partial charge in [0.15, 0.2) is 0 Å². The van der Waals surface area contributed by atoms with Crippen molar-refractivity contribution in [1.82, 2.24) is 0 Å². The topological polar surface area (TPSA) is 33.4 Å². The van der Waals surface area contributed by atoms with Crippen LogP contribution in [0.25, 0.3) is 11.3 Å². The number of benzene rings is 1. The minimum absolute atomic E-state index is 0.169. The Hall–Kier alpha value is -0.960. The standard InChI is InChI=1S/C13H12Cl2O2/c14-11-5-3-9(8-12(11)15)13-6-4-10(17-13)2-1-7-16/h3-6,8,16H,1-2,7H2. The Morgan fingerprint density at radius 1 is 1.06 bits per heavy atom. The molecule has 1 aromatic heterocycles. The second-order valence-electron chi connectivity index (χ2n) is 3.72. The molecule has 0 bridgehead atoms. The molecule has 1 heterocycles. The number of hydrogen-bond donors (Lipinski definition) is 1. The SMILES string of the molecule is OCCCc1ccc(-c2ccc(Cl)c(Cl)c2)o1. The summed E-state index contributed by atoms with van der Waals surface area (Å²) >= 11 is 11.8. The summed E-state index contributed by atoms with van der Waals surface area (Å²) in [6, 6.07) is 9.19. The van der Waals surface area contributed by atoms with E-state index in [-0.39, 0.29) is 6.61 Å². The largest absolute Gasteiger partial charge is 0.461 e. The van der Waals surface area contributed by atoms with Crippen LogP contribution in [-0.2, 0) is 6.42 Å². The molecule has 0 saturated heterocycles. The average molecular weight is 271 g/mol. The van der Waals surface area contributed by atoms with Gasteiger partial charge in [-0.15, -0.1) is 0 Å². The van der Waals surface area contributed by atoms with Gasteiger partial charge in [0, 0.05) is 18.6 Å². The molecule has 0 spiro atoms. The first-order valence-electron chi connectivity index (χ1n) is 5.35. The maximum Gasteiger partial charge on any atom is 0.134 e. The van der Waals surface area contributed by atoms with Crippen molar-refractivity contribution in [2.75, 3.05) is 6.61 Å². The van der Waals surface area contributed by atoms with Crippen molar-refractivity contribution in [2.24, 2.45) is 0 Å². The first kappa shape index (κ1) is 12.5. The summed E-state index contributed by atoms with van der Waals surface area (Å²) in [5, 5.41) is 9.79. The van der Waals surface area contributed by atoms with Crippen LogP contribution in [0.5, 0.6) is 0 Å². The number of aliphatic hydroxyl groups is 1. The van der Waals surface area contributed by atoms with E-state index in [9.17, 15) is 0 Å². The third-order valence-corrected chi connectivity index (χ3v) is 3.19. The molecule has 1 N–H and O–H groups in total. The molecule has 0 amide bonds. The highest BCUT2D eigenvalue weighted by Crippen LogP contribution is 2.29. The Kier molecular flexibility index (Phi) is 4.11. The van der Waals surface area contributed by atoms with Gasteiger partial charge in [-0.1, -0.05) is 23.2 Å². The van der Waals surface area contributed by atoms with Gasteiger partial charge in [-0.25, -0.2) is 0 Å². The molecule has 17 heavy (non-hydrogen) atoms. The van der Waals surface area contributed by atoms with E-state index in [0.29, 0.717) is 16.5 Å². The van der Waals surface area contributed by atoms with E-state index in [4.69, 9.17) is 32.7 Å². The van der Waals surface area contributed by atoms with Crippen LogP contribution in [0.2, 0.25) is 10.0 Å². The molecule has 0 aliphatic rings. The molecule has 2 aromatic rings. The van der Waals surface area contributed by atoms with Gasteiger partial charge in [0.05, 0.1) is 10.0 Å². The summed E-state index contributed by atoms with van der Waals surface area (Å²) in [6.45, 7) is 0.169. The summed E-state index contributed by atoms with van der Waals surface area (Å²) in [7, 11) is 0. The third-order valence-electron chi connectivity index (χ3n) is 2.45. The van der Waals surface area contributed by atoms with E-state index in [0.717, 1.165) is 23.5 Å². The summed E-state index contributed by atoms with van der Waals surface area (Å²) in [5.74, 6) is 1.62. The van der Waals surface area contributed by atoms with Crippen LogP contribution in [0.3, 0.4) is 0 Å². The fourth-order valence-electron chi connectivity index (χ4n) is 1.57. The van der Waals surface area contributed by atoms with E-state index >= 15 is 0 Å². The molecular weight excluding hydrogens is 259 g/mol. The first-order chi connectivity index (χ1) is 8.20. The molecule has 0 aliphatic carbocycles. The van der Waals surface area contributed by atoms with Crippen molar-refractivity contribution < 1.29 is 9.52 Å². The molecule has 0 aliphatic heterocycles. The molecule has 0 radical (unpaired) electrons. The summed E-state index contributed by atoms with van der Waals surface area (Å²) in [5.41, 5.74) is 0.898. The highest BCUT2D eigenvalue weighted by atomic mass is 35.5. The van der Waals surface area contributed by atoms with Crippen molar-refractivity contribution in [3.8, 4) is 11.3 Å². The smallest absolute Gasteiger partial charge is 0.134 e. The Labute approximate surface area is 110 Å². The van der Waals surface area contributed by atoms with Crippen molar-refractivity contribution in [2.45, 2.75) is 12.8 Å². The van der Waals surface area contributed by atoms with Gasteiger partial charge in [0.1, 0.15) is 11.5 Å². The molecule has 0 unspecified atom stereocenters. The van der Waals surface area contributed by atoms with Gasteiger partial charge in [-0.05, 0) is 36.8 Å². The van der Waals surface area contributed by atoms with E-state index in [1.54, 1.807) is 12.1 Å². The Bertz CT molecular complexity index is 506. The van der Waals surface area contributed by atoms with Crippen LogP contribution in [-0.4, -0.2) is 11.7 Å². The lowest BCUT2D eigenvalue weighted by molar-refractivity contribution is 0.284. The second kappa shape index (κ2) is 5.58. The van der Waals surface area contributed by atoms with Crippen LogP contribution < -0.4 is 0 Å². The summed E-state index contributed by atoms with van der Waals surface area (Å²) in [6.07, 6.45) is 1.44. The lowest BCUT2D eigenvalue weighted by Gasteiger charge is -2.00. The van der Waals surface area contributed by atoms with Crippen LogP contribution in [0.15, 0.2) is 34.7 Å². The molecule has 0 fully saturated rings. The number of hydrogen-bond acceptors (Lipinski definition) is 2. The van der Waals surface area contributed by atoms with Crippen LogP contribution >= 0.6 is 23.2 Å². The van der Waals surface area contributed by atoms with Crippen LogP contribution in [0.4, 0.5) is 0 Å². The number of aliphatic hydroxyl groups excluding tert-OH is 1. The van der Waals surface area contributed by atoms with Gasteiger partial charge in [0.2, 0.25) is 0 Å². The highest BCUT2D eigenvalue weighted by Gasteiger charge is 2.06. The van der Waals surface area contributed by atoms with Crippen molar-refractivity contribution in [1.29, 1.82) is 0 Å². The number of furan rings is 1. The quantitative estimate of drug-likeness (QED) is 0.904. The zero-order valence-electron chi connectivity index (χ0n) is 9.12. The van der Waals surface area contributed by atoms with Crippen LogP contribution in [0, 0.1) is 0 Å². The van der Waals surface area contributed by atoms with E-state index < -0.39 is 0 Å². The molecule has 2 nitrogen and oxygen atoms in total. The normalized spacial score (nSPS) is 10.8. The number of halogens is 2. The maximum absolute atomic E-state index is 8.74. The van der Waals surface area contributed by atoms with E-state index in [1.807, 2.05) is 18.2 Å². The second-order valence-corrected chi connectivity index (χ2v) is 4.54. The lowest BCUT2D eigenvalue weighted by Crippen LogP contribution is -1.86. The number of aryl methyl sites for hydroxylation is 1. The van der Waals surface area contributed by atoms with Gasteiger partial charge in [0.25, 0.3) is 0 Å². The zero-order chi connectivity index (χ0) is 12.3. The number of rotatable bonds is 4. The monoisotopic (exact) mass is 270 g/mol. The maximum atomic E-state index is 8.74. The minimum atomic E-state index is 0.169. The van der Waals surface area contributed by atoms with E-state index in [1.165, 1.54) is 0 Å². The van der Waals surface area contributed by atoms with Gasteiger partial charge < -0.3 is 9.52 Å². The Morgan fingerprint density at radius 2 is 1.88 bits per heavy atom. The first-order valence-corrected chi connectivity index (χ1v) is 6.11. The molecule has 4 heteroatoms. The molecule has 2 rings (SSSR count). The Morgan fingerprint density at radius 3 is 2.59 bits per heavy atom. The fourth-order valence-corrected chi connectivity index (χ4v) is 1.87. The van der Waals surface area contributed by atoms with E-state index in [2.05, 4.69) is 0 Å².